The van der Waals surface area contributed by atoms with Gasteiger partial charge >= 0.3 is 6.18 Å². The van der Waals surface area contributed by atoms with Crippen LogP contribution in [0.15, 0.2) is 12.3 Å². The minimum atomic E-state index is -4.49. The maximum Gasteiger partial charge on any atom is 0.401 e. The number of carbonyl (C=O) groups is 2. The predicted molar refractivity (Wildman–Crippen MR) is 151 cm³/mol. The molecule has 0 bridgehead atoms. The van der Waals surface area contributed by atoms with Gasteiger partial charge in [0.25, 0.3) is 0 Å². The number of pyridine rings is 1. The summed E-state index contributed by atoms with van der Waals surface area (Å²) in [5, 5.41) is 5.32. The summed E-state index contributed by atoms with van der Waals surface area (Å²) in [5.74, 6) is -1.00. The second-order valence-electron chi connectivity index (χ2n) is 12.8. The molecular formula is C28H42ClF3N6O2. The monoisotopic (exact) mass is 586 g/mol. The lowest BCUT2D eigenvalue weighted by Crippen LogP contribution is -2.67. The van der Waals surface area contributed by atoms with Crippen molar-refractivity contribution in [3.8, 4) is 0 Å². The highest BCUT2D eigenvalue weighted by Crippen LogP contribution is 2.33. The van der Waals surface area contributed by atoms with E-state index in [1.165, 1.54) is 25.5 Å². The number of Topliss-reactive ketones (excluding diaryl/α,β-unsaturated/α-hetero) is 2. The fraction of sp³-hybridized carbons (Fsp3) is 0.750. The molecule has 0 amide bonds. The lowest BCUT2D eigenvalue weighted by molar-refractivity contribution is -0.149. The van der Waals surface area contributed by atoms with Crippen LogP contribution in [0.25, 0.3) is 0 Å². The second-order valence-corrected chi connectivity index (χ2v) is 13.2. The number of piperazine rings is 1. The van der Waals surface area contributed by atoms with Gasteiger partial charge in [0.05, 0.1) is 23.5 Å². The largest absolute Gasteiger partial charge is 0.401 e. The highest BCUT2D eigenvalue weighted by molar-refractivity contribution is 6.49. The zero-order chi connectivity index (χ0) is 29.4. The van der Waals surface area contributed by atoms with Gasteiger partial charge in [0.1, 0.15) is 17.9 Å². The van der Waals surface area contributed by atoms with E-state index in [9.17, 15) is 22.8 Å². The minimum absolute atomic E-state index is 0.181. The zero-order valence-electron chi connectivity index (χ0n) is 24.0. The Labute approximate surface area is 240 Å². The Morgan fingerprint density at radius 3 is 2.27 bits per heavy atom. The van der Waals surface area contributed by atoms with Gasteiger partial charge < -0.3 is 15.1 Å². The van der Waals surface area contributed by atoms with E-state index in [0.717, 1.165) is 32.7 Å². The Kier molecular flexibility index (Phi) is 9.39. The Morgan fingerprint density at radius 1 is 1.02 bits per heavy atom. The van der Waals surface area contributed by atoms with Crippen LogP contribution in [0.1, 0.15) is 53.9 Å². The van der Waals surface area contributed by atoms with E-state index in [4.69, 9.17) is 11.6 Å². The molecule has 2 aliphatic heterocycles. The number of nitrogens with one attached hydrogen (secondary N) is 2. The summed E-state index contributed by atoms with van der Waals surface area (Å²) >= 11 is 6.63. The number of likely N-dealkylation sites (tertiary alicyclic amines) is 1. The normalized spacial score (nSPS) is 27.7. The van der Waals surface area contributed by atoms with Gasteiger partial charge in [-0.1, -0.05) is 32.4 Å². The van der Waals surface area contributed by atoms with E-state index >= 15 is 0 Å². The third-order valence-corrected chi connectivity index (χ3v) is 8.60. The number of carbonyl (C=O) groups excluding carboxylic acids is 2. The molecule has 2 unspecified atom stereocenters. The lowest BCUT2D eigenvalue weighted by atomic mass is 9.83. The number of rotatable bonds is 8. The van der Waals surface area contributed by atoms with Gasteiger partial charge in [-0.15, -0.1) is 0 Å². The van der Waals surface area contributed by atoms with E-state index in [1.807, 2.05) is 0 Å². The van der Waals surface area contributed by atoms with Crippen LogP contribution in [0.4, 0.5) is 24.7 Å². The second kappa shape index (κ2) is 12.1. The lowest BCUT2D eigenvalue weighted by Gasteiger charge is -2.49. The van der Waals surface area contributed by atoms with Crippen LogP contribution < -0.4 is 15.5 Å². The zero-order valence-corrected chi connectivity index (χ0v) is 24.8. The molecule has 224 valence electrons. The van der Waals surface area contributed by atoms with Gasteiger partial charge in [0, 0.05) is 31.2 Å². The summed E-state index contributed by atoms with van der Waals surface area (Å²) in [4.78, 5) is 35.8. The Hall–Kier alpha value is -1.95. The number of nitrogens with zero attached hydrogens (tertiary/aromatic N) is 4. The average molecular weight is 587 g/mol. The first-order valence-corrected chi connectivity index (χ1v) is 14.6. The number of anilines is 2. The third kappa shape index (κ3) is 7.46. The molecule has 12 heteroatoms. The van der Waals surface area contributed by atoms with E-state index < -0.39 is 36.4 Å². The Morgan fingerprint density at radius 2 is 1.68 bits per heavy atom. The van der Waals surface area contributed by atoms with Gasteiger partial charge in [-0.3, -0.25) is 19.8 Å². The van der Waals surface area contributed by atoms with Crippen LogP contribution in [-0.4, -0.2) is 102 Å². The van der Waals surface area contributed by atoms with Crippen LogP contribution >= 0.6 is 11.6 Å². The molecule has 3 aliphatic rings. The van der Waals surface area contributed by atoms with Crippen molar-refractivity contribution in [2.75, 3.05) is 49.5 Å². The standard InChI is InChI=1S/C28H42ClF3N6O2/c1-17-15-38(18(2)14-37(17)20-6-9-36(10-7-20)11-8-27(3,4)5)26-21(29)12-19(13-33-26)35-23-22(24(39)25(23)40)34-16-28(30,31)32/h12-13,17-18,20,22-23,34-35H,6-11,14-16H2,1-5H3/t17-,18+,22?,23?/m1/s1. The SMILES string of the molecule is C[C@@H]1CN(c2ncc(NC3C(=O)C(=O)C3NCC(F)(F)F)cc2Cl)[C@@H](C)CN1C1CCN(CCC(C)(C)C)CC1. The van der Waals surface area contributed by atoms with Gasteiger partial charge in [-0.2, -0.15) is 13.2 Å². The molecule has 4 atom stereocenters. The highest BCUT2D eigenvalue weighted by atomic mass is 35.5. The van der Waals surface area contributed by atoms with Crippen LogP contribution in [0, 0.1) is 5.41 Å². The first kappa shape index (κ1) is 31.0. The van der Waals surface area contributed by atoms with Gasteiger partial charge in [-0.25, -0.2) is 4.98 Å². The minimum Gasteiger partial charge on any atom is -0.372 e. The van der Waals surface area contributed by atoms with Crippen LogP contribution in [0.5, 0.6) is 0 Å². The molecule has 0 aromatic carbocycles. The molecular weight excluding hydrogens is 545 g/mol. The smallest absolute Gasteiger partial charge is 0.372 e. The van der Waals surface area contributed by atoms with Crippen molar-refractivity contribution in [1.29, 1.82) is 0 Å². The van der Waals surface area contributed by atoms with Crippen LogP contribution in [0.3, 0.4) is 0 Å². The number of halogens is 4. The maximum atomic E-state index is 12.6. The summed E-state index contributed by atoms with van der Waals surface area (Å²) in [6.45, 7) is 15.0. The number of aromatic nitrogens is 1. The van der Waals surface area contributed by atoms with E-state index in [1.54, 1.807) is 6.07 Å². The van der Waals surface area contributed by atoms with Crippen molar-refractivity contribution >= 4 is 34.7 Å². The predicted octanol–water partition coefficient (Wildman–Crippen LogP) is 3.99. The number of piperidine rings is 1. The molecule has 4 rings (SSSR count). The fourth-order valence-electron chi connectivity index (χ4n) is 5.92. The molecule has 8 nitrogen and oxygen atoms in total. The van der Waals surface area contributed by atoms with Crippen LogP contribution in [0.2, 0.25) is 5.02 Å². The van der Waals surface area contributed by atoms with Crippen molar-refractivity contribution in [2.24, 2.45) is 5.41 Å². The molecule has 3 heterocycles. The van der Waals surface area contributed by atoms with Crippen molar-refractivity contribution in [3.63, 3.8) is 0 Å². The first-order valence-electron chi connectivity index (χ1n) is 14.2. The summed E-state index contributed by atoms with van der Waals surface area (Å²) in [6, 6.07) is 0.324. The number of hydrogen-bond acceptors (Lipinski definition) is 8. The summed E-state index contributed by atoms with van der Waals surface area (Å²) < 4.78 is 37.7. The van der Waals surface area contributed by atoms with E-state index in [2.05, 4.69) is 64.9 Å². The molecule has 1 aromatic rings. The number of hydrogen-bond donors (Lipinski definition) is 2. The molecule has 1 saturated carbocycles. The molecule has 40 heavy (non-hydrogen) atoms. The van der Waals surface area contributed by atoms with Gasteiger partial charge in [-0.05, 0) is 64.2 Å². The fourth-order valence-corrected chi connectivity index (χ4v) is 6.20. The molecule has 0 radical (unpaired) electrons. The summed E-state index contributed by atoms with van der Waals surface area (Å²) in [6.07, 6.45) is 0.562. The van der Waals surface area contributed by atoms with E-state index in [0.29, 0.717) is 34.0 Å². The summed E-state index contributed by atoms with van der Waals surface area (Å²) in [5.41, 5.74) is 0.723. The molecule has 2 N–H and O–H groups in total. The molecule has 1 aromatic heterocycles. The highest BCUT2D eigenvalue weighted by Gasteiger charge is 2.50. The topological polar surface area (TPSA) is 80.8 Å². The summed E-state index contributed by atoms with van der Waals surface area (Å²) in [7, 11) is 0. The van der Waals surface area contributed by atoms with Gasteiger partial charge in [0.15, 0.2) is 0 Å². The van der Waals surface area contributed by atoms with Crippen molar-refractivity contribution in [1.82, 2.24) is 20.1 Å². The van der Waals surface area contributed by atoms with Crippen molar-refractivity contribution in [3.05, 3.63) is 17.3 Å². The molecule has 2 saturated heterocycles. The molecule has 0 spiro atoms. The quantitative estimate of drug-likeness (QED) is 0.443. The Balaban J connectivity index is 1.33. The van der Waals surface area contributed by atoms with Crippen molar-refractivity contribution in [2.45, 2.75) is 90.3 Å². The third-order valence-electron chi connectivity index (χ3n) is 8.32. The number of alkyl halides is 3. The number of ketones is 2. The van der Waals surface area contributed by atoms with Gasteiger partial charge in [0.2, 0.25) is 11.6 Å². The van der Waals surface area contributed by atoms with Crippen LogP contribution in [-0.2, 0) is 9.59 Å². The van der Waals surface area contributed by atoms with E-state index in [-0.39, 0.29) is 6.04 Å². The molecule has 3 fully saturated rings. The van der Waals surface area contributed by atoms with Crippen molar-refractivity contribution < 1.29 is 22.8 Å². The average Bonchev–Trinajstić information content (AvgIpc) is 2.87. The maximum absolute atomic E-state index is 12.6. The first-order chi connectivity index (χ1) is 18.6. The Bertz CT molecular complexity index is 1070. The molecule has 1 aliphatic carbocycles.